The smallest absolute Gasteiger partial charge is 0.123 e. The molecule has 1 aromatic heterocycles. The fraction of sp³-hybridized carbons (Fsp3) is 0.353. The largest absolute Gasteiger partial charge is 0.397 e. The Morgan fingerprint density at radius 3 is 2.71 bits per heavy atom. The van der Waals surface area contributed by atoms with Crippen LogP contribution in [0.4, 0.5) is 10.1 Å². The van der Waals surface area contributed by atoms with Gasteiger partial charge in [0, 0.05) is 12.2 Å². The molecule has 0 aliphatic rings. The lowest BCUT2D eigenvalue weighted by molar-refractivity contribution is 0.568. The van der Waals surface area contributed by atoms with Gasteiger partial charge in [-0.05, 0) is 42.5 Å². The first-order valence-corrected chi connectivity index (χ1v) is 7.13. The first-order chi connectivity index (χ1) is 10.0. The lowest BCUT2D eigenvalue weighted by Crippen LogP contribution is -2.09. The molecular weight excluding hydrogens is 265 g/mol. The van der Waals surface area contributed by atoms with Crippen molar-refractivity contribution in [3.63, 3.8) is 0 Å². The number of benzene rings is 1. The highest BCUT2D eigenvalue weighted by Crippen LogP contribution is 2.23. The fourth-order valence-electron chi connectivity index (χ4n) is 2.41. The summed E-state index contributed by atoms with van der Waals surface area (Å²) in [7, 11) is 0. The number of rotatable bonds is 5. The molecular formula is C17H20FN3. The Hall–Kier alpha value is -2.28. The van der Waals surface area contributed by atoms with Gasteiger partial charge < -0.3 is 10.3 Å². The molecule has 0 radical (unpaired) electrons. The Balaban J connectivity index is 2.34. The Kier molecular flexibility index (Phi) is 4.64. The van der Waals surface area contributed by atoms with Crippen molar-refractivity contribution in [1.29, 1.82) is 5.26 Å². The van der Waals surface area contributed by atoms with Crippen LogP contribution in [0.15, 0.2) is 30.3 Å². The second-order valence-corrected chi connectivity index (χ2v) is 5.69. The van der Waals surface area contributed by atoms with Gasteiger partial charge in [0.05, 0.1) is 5.69 Å². The lowest BCUT2D eigenvalue weighted by Gasteiger charge is -2.13. The van der Waals surface area contributed by atoms with Gasteiger partial charge in [-0.15, -0.1) is 0 Å². The zero-order valence-corrected chi connectivity index (χ0v) is 12.4. The van der Waals surface area contributed by atoms with Crippen LogP contribution in [-0.4, -0.2) is 4.57 Å². The van der Waals surface area contributed by atoms with E-state index in [2.05, 4.69) is 19.9 Å². The van der Waals surface area contributed by atoms with Gasteiger partial charge in [-0.2, -0.15) is 5.26 Å². The number of halogens is 1. The number of aromatic nitrogens is 1. The quantitative estimate of drug-likeness (QED) is 0.910. The van der Waals surface area contributed by atoms with Crippen LogP contribution in [0.3, 0.4) is 0 Å². The van der Waals surface area contributed by atoms with Gasteiger partial charge in [0.1, 0.15) is 17.6 Å². The van der Waals surface area contributed by atoms with Crippen LogP contribution in [0.5, 0.6) is 0 Å². The highest BCUT2D eigenvalue weighted by atomic mass is 19.1. The minimum Gasteiger partial charge on any atom is -0.397 e. The standard InChI is InChI=1S/C17H20FN3/c1-12(2)6-7-17-16(20)9-15(10-19)21(17)11-13-4-3-5-14(18)8-13/h3-5,8-9,12H,6-7,11,20H2,1-2H3. The van der Waals surface area contributed by atoms with Crippen molar-refractivity contribution in [3.8, 4) is 6.07 Å². The summed E-state index contributed by atoms with van der Waals surface area (Å²) in [5.74, 6) is 0.294. The van der Waals surface area contributed by atoms with Crippen LogP contribution in [0.1, 0.15) is 37.2 Å². The highest BCUT2D eigenvalue weighted by molar-refractivity contribution is 5.51. The molecule has 3 nitrogen and oxygen atoms in total. The second-order valence-electron chi connectivity index (χ2n) is 5.69. The SMILES string of the molecule is CC(C)CCc1c(N)cc(C#N)n1Cc1cccc(F)c1. The second kappa shape index (κ2) is 6.45. The van der Waals surface area contributed by atoms with Gasteiger partial charge in [-0.25, -0.2) is 4.39 Å². The van der Waals surface area contributed by atoms with Crippen LogP contribution in [0.25, 0.3) is 0 Å². The molecule has 0 aliphatic heterocycles. The van der Waals surface area contributed by atoms with E-state index in [-0.39, 0.29) is 5.82 Å². The molecule has 0 saturated carbocycles. The van der Waals surface area contributed by atoms with E-state index in [1.165, 1.54) is 12.1 Å². The average Bonchev–Trinajstić information content (AvgIpc) is 2.72. The zero-order chi connectivity index (χ0) is 15.4. The Labute approximate surface area is 124 Å². The number of hydrogen-bond acceptors (Lipinski definition) is 2. The minimum atomic E-state index is -0.269. The molecule has 2 N–H and O–H groups in total. The van der Waals surface area contributed by atoms with E-state index in [9.17, 15) is 9.65 Å². The molecule has 2 aromatic rings. The fourth-order valence-corrected chi connectivity index (χ4v) is 2.41. The van der Waals surface area contributed by atoms with Gasteiger partial charge in [0.15, 0.2) is 0 Å². The van der Waals surface area contributed by atoms with E-state index in [0.29, 0.717) is 23.8 Å². The average molecular weight is 285 g/mol. The number of nitriles is 1. The predicted molar refractivity (Wildman–Crippen MR) is 82.2 cm³/mol. The number of anilines is 1. The molecule has 0 aliphatic carbocycles. The molecule has 0 atom stereocenters. The molecule has 0 unspecified atom stereocenters. The molecule has 0 bridgehead atoms. The van der Waals surface area contributed by atoms with E-state index < -0.39 is 0 Å². The van der Waals surface area contributed by atoms with Gasteiger partial charge in [-0.1, -0.05) is 26.0 Å². The van der Waals surface area contributed by atoms with E-state index >= 15 is 0 Å². The monoisotopic (exact) mass is 285 g/mol. The third kappa shape index (κ3) is 3.63. The van der Waals surface area contributed by atoms with Crippen LogP contribution in [0, 0.1) is 23.1 Å². The van der Waals surface area contributed by atoms with Gasteiger partial charge in [0.25, 0.3) is 0 Å². The summed E-state index contributed by atoms with van der Waals surface area (Å²) in [6.45, 7) is 4.77. The summed E-state index contributed by atoms with van der Waals surface area (Å²) in [6, 6.07) is 10.3. The van der Waals surface area contributed by atoms with Crippen molar-refractivity contribution in [2.24, 2.45) is 5.92 Å². The van der Waals surface area contributed by atoms with Crippen molar-refractivity contribution in [1.82, 2.24) is 4.57 Å². The molecule has 0 saturated heterocycles. The Morgan fingerprint density at radius 2 is 2.10 bits per heavy atom. The lowest BCUT2D eigenvalue weighted by atomic mass is 10.1. The minimum absolute atomic E-state index is 0.269. The van der Waals surface area contributed by atoms with Crippen LogP contribution in [-0.2, 0) is 13.0 Å². The third-order valence-corrected chi connectivity index (χ3v) is 3.54. The summed E-state index contributed by atoms with van der Waals surface area (Å²) in [6.07, 6.45) is 1.82. The third-order valence-electron chi connectivity index (χ3n) is 3.54. The van der Waals surface area contributed by atoms with Gasteiger partial charge in [-0.3, -0.25) is 0 Å². The first-order valence-electron chi connectivity index (χ1n) is 7.13. The van der Waals surface area contributed by atoms with Crippen molar-refractivity contribution < 1.29 is 4.39 Å². The number of nitrogen functional groups attached to an aromatic ring is 1. The molecule has 0 fully saturated rings. The van der Waals surface area contributed by atoms with Crippen molar-refractivity contribution >= 4 is 5.69 Å². The van der Waals surface area contributed by atoms with Crippen LogP contribution >= 0.6 is 0 Å². The van der Waals surface area contributed by atoms with Gasteiger partial charge in [0.2, 0.25) is 0 Å². The Bertz CT molecular complexity index is 665. The number of nitrogens with zero attached hydrogens (tertiary/aromatic N) is 2. The summed E-state index contributed by atoms with van der Waals surface area (Å²) >= 11 is 0. The number of hydrogen-bond donors (Lipinski definition) is 1. The molecule has 0 amide bonds. The number of nitrogens with two attached hydrogens (primary N) is 1. The maximum atomic E-state index is 13.3. The molecule has 2 rings (SSSR count). The predicted octanol–water partition coefficient (Wildman–Crippen LogP) is 3.72. The maximum Gasteiger partial charge on any atom is 0.123 e. The van der Waals surface area contributed by atoms with E-state index in [0.717, 1.165) is 24.1 Å². The summed E-state index contributed by atoms with van der Waals surface area (Å²) in [5.41, 5.74) is 9.00. The van der Waals surface area contributed by atoms with Crippen molar-refractivity contribution in [2.75, 3.05) is 5.73 Å². The molecule has 4 heteroatoms. The summed E-state index contributed by atoms with van der Waals surface area (Å²) in [4.78, 5) is 0. The molecule has 1 heterocycles. The molecule has 110 valence electrons. The van der Waals surface area contributed by atoms with E-state index in [4.69, 9.17) is 5.73 Å². The van der Waals surface area contributed by atoms with Crippen molar-refractivity contribution in [3.05, 3.63) is 53.1 Å². The normalized spacial score (nSPS) is 10.8. The molecule has 21 heavy (non-hydrogen) atoms. The molecule has 1 aromatic carbocycles. The maximum absolute atomic E-state index is 13.3. The first kappa shape index (κ1) is 15.1. The van der Waals surface area contributed by atoms with Crippen LogP contribution < -0.4 is 5.73 Å². The molecule has 0 spiro atoms. The Morgan fingerprint density at radius 1 is 1.33 bits per heavy atom. The summed E-state index contributed by atoms with van der Waals surface area (Å²) in [5, 5.41) is 9.27. The zero-order valence-electron chi connectivity index (χ0n) is 12.4. The van der Waals surface area contributed by atoms with Gasteiger partial charge >= 0.3 is 0 Å². The summed E-state index contributed by atoms with van der Waals surface area (Å²) < 4.78 is 15.2. The van der Waals surface area contributed by atoms with Crippen molar-refractivity contribution in [2.45, 2.75) is 33.2 Å². The highest BCUT2D eigenvalue weighted by Gasteiger charge is 2.14. The van der Waals surface area contributed by atoms with Crippen LogP contribution in [0.2, 0.25) is 0 Å². The topological polar surface area (TPSA) is 54.7 Å². The van der Waals surface area contributed by atoms with E-state index in [1.807, 2.05) is 10.6 Å². The van der Waals surface area contributed by atoms with E-state index in [1.54, 1.807) is 12.1 Å².